The van der Waals surface area contributed by atoms with E-state index in [1.807, 2.05) is 18.2 Å². The van der Waals surface area contributed by atoms with Crippen LogP contribution in [0.1, 0.15) is 30.3 Å². The third-order valence-electron chi connectivity index (χ3n) is 5.19. The second-order valence-corrected chi connectivity index (χ2v) is 7.27. The third-order valence-corrected chi connectivity index (χ3v) is 5.19. The van der Waals surface area contributed by atoms with Gasteiger partial charge in [0.15, 0.2) is 0 Å². The lowest BCUT2D eigenvalue weighted by atomic mass is 10.1. The van der Waals surface area contributed by atoms with Gasteiger partial charge in [0.25, 0.3) is 0 Å². The van der Waals surface area contributed by atoms with Crippen LogP contribution in [0.15, 0.2) is 59.1 Å². The first kappa shape index (κ1) is 19.5. The molecule has 1 saturated heterocycles. The van der Waals surface area contributed by atoms with Gasteiger partial charge < -0.3 is 20.1 Å². The number of likely N-dealkylation sites (tertiary alicyclic amines) is 1. The van der Waals surface area contributed by atoms with E-state index in [-0.39, 0.29) is 17.0 Å². The maximum absolute atomic E-state index is 11.1. The van der Waals surface area contributed by atoms with Gasteiger partial charge in [-0.25, -0.2) is 0 Å². The molecular weight excluding hydrogens is 372 g/mol. The molecule has 8 nitrogen and oxygen atoms in total. The zero-order valence-corrected chi connectivity index (χ0v) is 15.9. The average Bonchev–Trinajstić information content (AvgIpc) is 3.35. The monoisotopic (exact) mass is 395 g/mol. The number of anilines is 1. The van der Waals surface area contributed by atoms with Gasteiger partial charge in [0.2, 0.25) is 11.7 Å². The molecule has 2 N–H and O–H groups in total. The molecule has 0 saturated carbocycles. The lowest BCUT2D eigenvalue weighted by molar-refractivity contribution is 0.172. The molecule has 0 spiro atoms. The Balaban J connectivity index is 1.44. The van der Waals surface area contributed by atoms with E-state index in [9.17, 15) is 10.3 Å². The molecular formula is C21H23N4O4-. The van der Waals surface area contributed by atoms with Crippen molar-refractivity contribution >= 4 is 5.69 Å². The van der Waals surface area contributed by atoms with Crippen LogP contribution >= 0.6 is 0 Å². The molecule has 0 aliphatic carbocycles. The fourth-order valence-corrected chi connectivity index (χ4v) is 3.77. The van der Waals surface area contributed by atoms with Crippen LogP contribution in [-0.4, -0.2) is 44.5 Å². The SMILES string of the molecule is [O-]N(O)c1cccc(-c2noc([C@@H]3C[C@@H](O)CN3CCCc3ccccc3)n2)c1. The van der Waals surface area contributed by atoms with E-state index in [2.05, 4.69) is 27.2 Å². The van der Waals surface area contributed by atoms with Crippen LogP contribution < -0.4 is 5.23 Å². The number of hydrogen-bond acceptors (Lipinski definition) is 8. The molecule has 1 aliphatic heterocycles. The van der Waals surface area contributed by atoms with E-state index in [0.29, 0.717) is 30.2 Å². The van der Waals surface area contributed by atoms with Gasteiger partial charge in [-0.15, -0.1) is 0 Å². The Kier molecular flexibility index (Phi) is 5.86. The van der Waals surface area contributed by atoms with Crippen LogP contribution in [0.25, 0.3) is 11.4 Å². The summed E-state index contributed by atoms with van der Waals surface area (Å²) in [5.74, 6) is 0.791. The van der Waals surface area contributed by atoms with Crippen LogP contribution in [0.2, 0.25) is 0 Å². The van der Waals surface area contributed by atoms with E-state index in [0.717, 1.165) is 19.4 Å². The summed E-state index contributed by atoms with van der Waals surface area (Å²) in [4.78, 5) is 6.66. The number of benzene rings is 2. The summed E-state index contributed by atoms with van der Waals surface area (Å²) in [6.07, 6.45) is 2.04. The first-order valence-corrected chi connectivity index (χ1v) is 9.66. The van der Waals surface area contributed by atoms with Crippen molar-refractivity contribution in [1.82, 2.24) is 15.0 Å². The van der Waals surface area contributed by atoms with Gasteiger partial charge in [-0.1, -0.05) is 47.6 Å². The number of hydrogen-bond donors (Lipinski definition) is 2. The summed E-state index contributed by atoms with van der Waals surface area (Å²) < 4.78 is 5.48. The topological polar surface area (TPSA) is 109 Å². The van der Waals surface area contributed by atoms with Crippen LogP contribution in [0.3, 0.4) is 0 Å². The normalized spacial score (nSPS) is 19.6. The van der Waals surface area contributed by atoms with Crippen molar-refractivity contribution < 1.29 is 14.8 Å². The van der Waals surface area contributed by atoms with Crippen molar-refractivity contribution in [3.05, 3.63) is 71.3 Å². The molecule has 4 rings (SSSR count). The van der Waals surface area contributed by atoms with E-state index >= 15 is 0 Å². The smallest absolute Gasteiger partial charge is 0.244 e. The van der Waals surface area contributed by atoms with Crippen molar-refractivity contribution in [3.63, 3.8) is 0 Å². The highest BCUT2D eigenvalue weighted by molar-refractivity contribution is 5.62. The first-order chi connectivity index (χ1) is 14.1. The Morgan fingerprint density at radius 1 is 1.17 bits per heavy atom. The number of aliphatic hydroxyl groups is 1. The Hall–Kier alpha value is -2.78. The minimum Gasteiger partial charge on any atom is -0.733 e. The maximum Gasteiger partial charge on any atom is 0.244 e. The van der Waals surface area contributed by atoms with Crippen molar-refractivity contribution in [2.45, 2.75) is 31.4 Å². The van der Waals surface area contributed by atoms with Crippen LogP contribution in [0.5, 0.6) is 0 Å². The molecule has 29 heavy (non-hydrogen) atoms. The van der Waals surface area contributed by atoms with Crippen LogP contribution in [-0.2, 0) is 6.42 Å². The molecule has 1 aromatic heterocycles. The number of aromatic nitrogens is 2. The molecule has 0 amide bonds. The van der Waals surface area contributed by atoms with Crippen molar-refractivity contribution in [1.29, 1.82) is 0 Å². The highest BCUT2D eigenvalue weighted by atomic mass is 16.8. The molecule has 1 fully saturated rings. The number of β-amino-alcohol motifs (C(OH)–C–C–N with tert-alkyl or cyclic N) is 1. The predicted octanol–water partition coefficient (Wildman–Crippen LogP) is 3.17. The first-order valence-electron chi connectivity index (χ1n) is 9.66. The Labute approximate surface area is 168 Å². The summed E-state index contributed by atoms with van der Waals surface area (Å²) in [5, 5.41) is 34.2. The fraction of sp³-hybridized carbons (Fsp3) is 0.333. The number of rotatable bonds is 7. The number of aryl methyl sites for hydroxylation is 1. The van der Waals surface area contributed by atoms with Crippen molar-refractivity contribution in [2.75, 3.05) is 18.3 Å². The molecule has 2 atom stereocenters. The molecule has 2 heterocycles. The van der Waals surface area contributed by atoms with Gasteiger partial charge in [0.1, 0.15) is 0 Å². The molecule has 152 valence electrons. The maximum atomic E-state index is 11.1. The third kappa shape index (κ3) is 4.63. The quantitative estimate of drug-likeness (QED) is 0.587. The van der Waals surface area contributed by atoms with E-state index in [1.54, 1.807) is 12.1 Å². The van der Waals surface area contributed by atoms with Crippen LogP contribution in [0.4, 0.5) is 5.69 Å². The van der Waals surface area contributed by atoms with Crippen LogP contribution in [0, 0.1) is 5.21 Å². The molecule has 1 aliphatic rings. The highest BCUT2D eigenvalue weighted by Gasteiger charge is 2.35. The minimum absolute atomic E-state index is 0.0904. The zero-order chi connectivity index (χ0) is 20.2. The standard InChI is InChI=1S/C21H23N4O4/c26-18-13-19(24(14-18)11-5-8-15-6-2-1-3-7-15)21-22-20(23-29-21)16-9-4-10-17(12-16)25(27)28/h1-4,6-7,9-10,12,18-19,26-27H,5,8,11,13-14H2/q-1/t18-,19+/m1/s1. The molecule has 3 aromatic rings. The van der Waals surface area contributed by atoms with Gasteiger partial charge >= 0.3 is 0 Å². The minimum atomic E-state index is -0.432. The Bertz CT molecular complexity index is 931. The fourth-order valence-electron chi connectivity index (χ4n) is 3.77. The highest BCUT2D eigenvalue weighted by Crippen LogP contribution is 2.33. The van der Waals surface area contributed by atoms with Gasteiger partial charge in [-0.2, -0.15) is 4.98 Å². The Morgan fingerprint density at radius 3 is 2.79 bits per heavy atom. The Morgan fingerprint density at radius 2 is 2.00 bits per heavy atom. The largest absolute Gasteiger partial charge is 0.733 e. The van der Waals surface area contributed by atoms with Crippen molar-refractivity contribution in [2.24, 2.45) is 0 Å². The lowest BCUT2D eigenvalue weighted by Crippen LogP contribution is -2.26. The molecule has 0 unspecified atom stereocenters. The zero-order valence-electron chi connectivity index (χ0n) is 15.9. The average molecular weight is 395 g/mol. The molecule has 8 heteroatoms. The second-order valence-electron chi connectivity index (χ2n) is 7.27. The van der Waals surface area contributed by atoms with Gasteiger partial charge in [0.05, 0.1) is 17.8 Å². The van der Waals surface area contributed by atoms with E-state index in [1.165, 1.54) is 17.7 Å². The van der Waals surface area contributed by atoms with Gasteiger partial charge in [-0.05, 0) is 43.5 Å². The summed E-state index contributed by atoms with van der Waals surface area (Å²) in [7, 11) is 0. The summed E-state index contributed by atoms with van der Waals surface area (Å²) in [5.41, 5.74) is 1.95. The number of nitrogens with zero attached hydrogens (tertiary/aromatic N) is 4. The summed E-state index contributed by atoms with van der Waals surface area (Å²) in [6, 6.07) is 16.5. The van der Waals surface area contributed by atoms with Gasteiger partial charge in [0, 0.05) is 12.1 Å². The number of aliphatic hydroxyl groups excluding tert-OH is 1. The lowest BCUT2D eigenvalue weighted by Gasteiger charge is -2.21. The van der Waals surface area contributed by atoms with E-state index < -0.39 is 6.10 Å². The molecule has 0 radical (unpaired) electrons. The molecule has 2 aromatic carbocycles. The second kappa shape index (κ2) is 8.71. The van der Waals surface area contributed by atoms with E-state index in [4.69, 9.17) is 9.73 Å². The summed E-state index contributed by atoms with van der Waals surface area (Å²) in [6.45, 7) is 1.39. The van der Waals surface area contributed by atoms with Crippen molar-refractivity contribution in [3.8, 4) is 11.4 Å². The summed E-state index contributed by atoms with van der Waals surface area (Å²) >= 11 is 0. The molecule has 0 bridgehead atoms. The predicted molar refractivity (Wildman–Crippen MR) is 107 cm³/mol. The van der Waals surface area contributed by atoms with Gasteiger partial charge in [-0.3, -0.25) is 10.1 Å².